The van der Waals surface area contributed by atoms with Crippen LogP contribution in [0.4, 0.5) is 4.39 Å². The molecule has 1 aliphatic carbocycles. The van der Waals surface area contributed by atoms with Gasteiger partial charge in [0.2, 0.25) is 0 Å². The number of rotatable bonds is 2. The largest absolute Gasteiger partial charge is 0.504 e. The Bertz CT molecular complexity index is 428. The van der Waals surface area contributed by atoms with Crippen molar-refractivity contribution in [2.75, 3.05) is 7.11 Å². The lowest BCUT2D eigenvalue weighted by atomic mass is 9.71. The second-order valence-electron chi connectivity index (χ2n) is 4.44. The molecule has 0 saturated heterocycles. The lowest BCUT2D eigenvalue weighted by Gasteiger charge is -2.40. The van der Waals surface area contributed by atoms with Crippen LogP contribution in [0.3, 0.4) is 0 Å². The van der Waals surface area contributed by atoms with E-state index in [1.54, 1.807) is 6.92 Å². The molecule has 0 spiro atoms. The normalized spacial score (nSPS) is 18.0. The van der Waals surface area contributed by atoms with Gasteiger partial charge < -0.3 is 15.6 Å². The fourth-order valence-corrected chi connectivity index (χ4v) is 2.37. The van der Waals surface area contributed by atoms with Gasteiger partial charge in [-0.3, -0.25) is 0 Å². The number of hydrogen-bond acceptors (Lipinski definition) is 3. The van der Waals surface area contributed by atoms with Gasteiger partial charge in [-0.15, -0.1) is 0 Å². The van der Waals surface area contributed by atoms with Gasteiger partial charge in [0.25, 0.3) is 0 Å². The van der Waals surface area contributed by atoms with E-state index in [9.17, 15) is 9.50 Å². The molecule has 3 N–H and O–H groups in total. The molecule has 16 heavy (non-hydrogen) atoms. The molecule has 1 fully saturated rings. The van der Waals surface area contributed by atoms with Gasteiger partial charge in [-0.05, 0) is 37.8 Å². The Labute approximate surface area is 94.0 Å². The Balaban J connectivity index is 2.60. The van der Waals surface area contributed by atoms with Crippen LogP contribution in [0.15, 0.2) is 6.07 Å². The molecular weight excluding hydrogens is 209 g/mol. The number of benzene rings is 1. The number of aromatic hydroxyl groups is 1. The van der Waals surface area contributed by atoms with Crippen LogP contribution in [0.2, 0.25) is 0 Å². The fourth-order valence-electron chi connectivity index (χ4n) is 2.37. The first kappa shape index (κ1) is 11.2. The summed E-state index contributed by atoms with van der Waals surface area (Å²) in [6.07, 6.45) is 2.67. The molecule has 0 amide bonds. The van der Waals surface area contributed by atoms with Crippen molar-refractivity contribution in [2.24, 2.45) is 5.73 Å². The van der Waals surface area contributed by atoms with E-state index in [-0.39, 0.29) is 11.5 Å². The van der Waals surface area contributed by atoms with Crippen molar-refractivity contribution in [2.45, 2.75) is 31.7 Å². The number of phenolic OH excluding ortho intramolecular Hbond substituents is 1. The highest BCUT2D eigenvalue weighted by Gasteiger charge is 2.39. The number of ether oxygens (including phenoxy) is 1. The van der Waals surface area contributed by atoms with E-state index in [4.69, 9.17) is 10.5 Å². The van der Waals surface area contributed by atoms with Crippen LogP contribution < -0.4 is 10.5 Å². The minimum absolute atomic E-state index is 0.114. The van der Waals surface area contributed by atoms with Crippen molar-refractivity contribution in [3.63, 3.8) is 0 Å². The van der Waals surface area contributed by atoms with Crippen molar-refractivity contribution in [1.82, 2.24) is 0 Å². The Morgan fingerprint density at radius 2 is 2.12 bits per heavy atom. The molecule has 1 saturated carbocycles. The van der Waals surface area contributed by atoms with E-state index in [1.807, 2.05) is 0 Å². The third-order valence-electron chi connectivity index (χ3n) is 3.35. The number of phenols is 1. The molecule has 1 aromatic carbocycles. The molecule has 88 valence electrons. The molecule has 0 radical (unpaired) electrons. The third kappa shape index (κ3) is 1.45. The lowest BCUT2D eigenvalue weighted by Crippen LogP contribution is -2.44. The summed E-state index contributed by atoms with van der Waals surface area (Å²) < 4.78 is 18.3. The average molecular weight is 225 g/mol. The predicted octanol–water partition coefficient (Wildman–Crippen LogP) is 2.19. The summed E-state index contributed by atoms with van der Waals surface area (Å²) in [4.78, 5) is 0. The molecule has 0 unspecified atom stereocenters. The summed E-state index contributed by atoms with van der Waals surface area (Å²) in [5.74, 6) is -0.816. The van der Waals surface area contributed by atoms with Gasteiger partial charge in [-0.2, -0.15) is 0 Å². The zero-order valence-corrected chi connectivity index (χ0v) is 9.51. The maximum Gasteiger partial charge on any atom is 0.196 e. The van der Waals surface area contributed by atoms with Crippen LogP contribution in [0.1, 0.15) is 30.4 Å². The zero-order chi connectivity index (χ0) is 11.9. The van der Waals surface area contributed by atoms with Crippen molar-refractivity contribution in [3.05, 3.63) is 23.0 Å². The van der Waals surface area contributed by atoms with Crippen LogP contribution in [-0.2, 0) is 5.54 Å². The minimum Gasteiger partial charge on any atom is -0.504 e. The van der Waals surface area contributed by atoms with Gasteiger partial charge in [-0.25, -0.2) is 4.39 Å². The molecule has 2 rings (SSSR count). The van der Waals surface area contributed by atoms with Gasteiger partial charge in [-0.1, -0.05) is 0 Å². The Morgan fingerprint density at radius 3 is 2.56 bits per heavy atom. The summed E-state index contributed by atoms with van der Waals surface area (Å²) >= 11 is 0. The Morgan fingerprint density at radius 1 is 1.50 bits per heavy atom. The van der Waals surface area contributed by atoms with Crippen molar-refractivity contribution >= 4 is 0 Å². The van der Waals surface area contributed by atoms with Gasteiger partial charge in [0.1, 0.15) is 0 Å². The van der Waals surface area contributed by atoms with E-state index in [0.29, 0.717) is 11.1 Å². The molecule has 0 bridgehead atoms. The highest BCUT2D eigenvalue weighted by atomic mass is 19.1. The molecule has 0 aromatic heterocycles. The lowest BCUT2D eigenvalue weighted by molar-refractivity contribution is 0.239. The molecule has 1 aliphatic rings. The van der Waals surface area contributed by atoms with Crippen LogP contribution in [0.25, 0.3) is 0 Å². The Kier molecular flexibility index (Phi) is 2.54. The number of nitrogens with two attached hydrogens (primary N) is 1. The highest BCUT2D eigenvalue weighted by molar-refractivity contribution is 5.54. The first-order valence-electron chi connectivity index (χ1n) is 5.35. The maximum atomic E-state index is 13.5. The molecule has 4 heteroatoms. The van der Waals surface area contributed by atoms with Crippen molar-refractivity contribution in [1.29, 1.82) is 0 Å². The van der Waals surface area contributed by atoms with E-state index in [2.05, 4.69) is 0 Å². The molecular formula is C12H16FNO2. The van der Waals surface area contributed by atoms with E-state index < -0.39 is 11.4 Å². The molecule has 0 aliphatic heterocycles. The van der Waals surface area contributed by atoms with Gasteiger partial charge in [0.15, 0.2) is 17.3 Å². The second-order valence-corrected chi connectivity index (χ2v) is 4.44. The summed E-state index contributed by atoms with van der Waals surface area (Å²) in [6, 6.07) is 1.36. The van der Waals surface area contributed by atoms with Gasteiger partial charge in [0.05, 0.1) is 7.11 Å². The first-order valence-corrected chi connectivity index (χ1v) is 5.35. The zero-order valence-electron chi connectivity index (χ0n) is 9.51. The second kappa shape index (κ2) is 3.63. The quantitative estimate of drug-likeness (QED) is 0.811. The van der Waals surface area contributed by atoms with E-state index in [1.165, 1.54) is 13.2 Å². The maximum absolute atomic E-state index is 13.5. The monoisotopic (exact) mass is 225 g/mol. The minimum atomic E-state index is -0.552. The summed E-state index contributed by atoms with van der Waals surface area (Å²) in [6.45, 7) is 1.75. The van der Waals surface area contributed by atoms with Crippen molar-refractivity contribution < 1.29 is 14.2 Å². The summed E-state index contributed by atoms with van der Waals surface area (Å²) in [5, 5.41) is 10.0. The molecule has 3 nitrogen and oxygen atoms in total. The van der Waals surface area contributed by atoms with Crippen LogP contribution >= 0.6 is 0 Å². The number of halogens is 1. The summed E-state index contributed by atoms with van der Waals surface area (Å²) in [7, 11) is 1.33. The van der Waals surface area contributed by atoms with Crippen molar-refractivity contribution in [3.8, 4) is 11.5 Å². The van der Waals surface area contributed by atoms with Crippen LogP contribution in [-0.4, -0.2) is 12.2 Å². The molecule has 0 heterocycles. The van der Waals surface area contributed by atoms with Crippen LogP contribution in [0, 0.1) is 12.7 Å². The number of hydrogen-bond donors (Lipinski definition) is 2. The fraction of sp³-hybridized carbons (Fsp3) is 0.500. The van der Waals surface area contributed by atoms with Crippen LogP contribution in [0.5, 0.6) is 11.5 Å². The van der Waals surface area contributed by atoms with E-state index in [0.717, 1.165) is 19.3 Å². The van der Waals surface area contributed by atoms with Gasteiger partial charge in [0, 0.05) is 11.1 Å². The topological polar surface area (TPSA) is 55.5 Å². The SMILES string of the molecule is COc1c(F)cc(C)c(C2(N)CCC2)c1O. The molecule has 1 aromatic rings. The number of aryl methyl sites for hydroxylation is 1. The van der Waals surface area contributed by atoms with E-state index >= 15 is 0 Å². The Hall–Kier alpha value is -1.29. The number of methoxy groups -OCH3 is 1. The smallest absolute Gasteiger partial charge is 0.196 e. The first-order chi connectivity index (χ1) is 7.49. The highest BCUT2D eigenvalue weighted by Crippen LogP contribution is 2.47. The third-order valence-corrected chi connectivity index (χ3v) is 3.35. The standard InChI is InChI=1S/C12H16FNO2/c1-7-6-8(13)11(16-2)10(15)9(7)12(14)4-3-5-12/h6,15H,3-5,14H2,1-2H3. The molecule has 0 atom stereocenters. The average Bonchev–Trinajstić information content (AvgIpc) is 2.14. The predicted molar refractivity (Wildman–Crippen MR) is 59.1 cm³/mol. The van der Waals surface area contributed by atoms with Gasteiger partial charge >= 0.3 is 0 Å². The summed E-state index contributed by atoms with van der Waals surface area (Å²) in [5.41, 5.74) is 6.94.